The Labute approximate surface area is 179 Å². The Balaban J connectivity index is 1.30. The van der Waals surface area contributed by atoms with Crippen molar-refractivity contribution in [2.75, 3.05) is 25.0 Å². The van der Waals surface area contributed by atoms with Crippen molar-refractivity contribution < 1.29 is 24.2 Å². The molecular formula is C22H23ClN2O5. The van der Waals surface area contributed by atoms with Gasteiger partial charge in [0.25, 0.3) is 5.91 Å². The fraction of sp³-hybridized carbons (Fsp3) is 0.364. The summed E-state index contributed by atoms with van der Waals surface area (Å²) < 4.78 is 11.5. The summed E-state index contributed by atoms with van der Waals surface area (Å²) in [7, 11) is 0. The van der Waals surface area contributed by atoms with Crippen LogP contribution in [0.25, 0.3) is 0 Å². The highest BCUT2D eigenvalue weighted by Crippen LogP contribution is 2.29. The zero-order valence-corrected chi connectivity index (χ0v) is 17.1. The van der Waals surface area contributed by atoms with Crippen molar-refractivity contribution in [3.63, 3.8) is 0 Å². The molecule has 0 spiro atoms. The summed E-state index contributed by atoms with van der Waals surface area (Å²) in [5.74, 6) is 0.907. The summed E-state index contributed by atoms with van der Waals surface area (Å²) in [6, 6.07) is 12.5. The van der Waals surface area contributed by atoms with Crippen molar-refractivity contribution in [1.82, 2.24) is 4.90 Å². The smallest absolute Gasteiger partial charge is 0.260 e. The van der Waals surface area contributed by atoms with Gasteiger partial charge in [-0.25, -0.2) is 0 Å². The Hall–Kier alpha value is -2.77. The second kappa shape index (κ2) is 8.93. The van der Waals surface area contributed by atoms with Crippen LogP contribution < -0.4 is 14.8 Å². The monoisotopic (exact) mass is 430 g/mol. The number of nitrogens with zero attached hydrogens (tertiary/aromatic N) is 1. The molecule has 0 aromatic heterocycles. The van der Waals surface area contributed by atoms with E-state index in [2.05, 4.69) is 5.32 Å². The average Bonchev–Trinajstić information content (AvgIpc) is 2.74. The first-order valence-corrected chi connectivity index (χ1v) is 10.3. The van der Waals surface area contributed by atoms with E-state index in [0.29, 0.717) is 42.3 Å². The van der Waals surface area contributed by atoms with E-state index >= 15 is 0 Å². The highest BCUT2D eigenvalue weighted by molar-refractivity contribution is 6.32. The fourth-order valence-electron chi connectivity index (χ4n) is 3.67. The number of anilines is 1. The number of para-hydroxylation sites is 1. The summed E-state index contributed by atoms with van der Waals surface area (Å²) in [6.45, 7) is 0.502. The Morgan fingerprint density at radius 2 is 2.07 bits per heavy atom. The maximum atomic E-state index is 12.5. The van der Waals surface area contributed by atoms with E-state index in [4.69, 9.17) is 21.1 Å². The highest BCUT2D eigenvalue weighted by atomic mass is 35.5. The Kier molecular flexibility index (Phi) is 6.11. The molecule has 7 nitrogen and oxygen atoms in total. The van der Waals surface area contributed by atoms with Gasteiger partial charge in [0.05, 0.1) is 11.6 Å². The van der Waals surface area contributed by atoms with Crippen LogP contribution in [0.2, 0.25) is 5.02 Å². The van der Waals surface area contributed by atoms with Gasteiger partial charge in [-0.15, -0.1) is 0 Å². The number of piperidine rings is 1. The topological polar surface area (TPSA) is 88.1 Å². The molecule has 0 radical (unpaired) electrons. The van der Waals surface area contributed by atoms with Crippen molar-refractivity contribution in [1.29, 1.82) is 0 Å². The number of amides is 2. The van der Waals surface area contributed by atoms with Gasteiger partial charge in [-0.2, -0.15) is 0 Å². The standard InChI is InChI=1S/C22H23ClN2O5/c23-16-3-1-2-4-19(16)29-13-22(28)25-10-9-20(18(26)12-25)30-15-6-7-17-14(11-15)5-8-21(27)24-17/h1-4,6-7,11,18,20,26H,5,8-10,12-13H2,(H,24,27)/t18-,20-/m1/s1. The lowest BCUT2D eigenvalue weighted by molar-refractivity contribution is -0.139. The molecule has 30 heavy (non-hydrogen) atoms. The summed E-state index contributed by atoms with van der Waals surface area (Å²) in [4.78, 5) is 25.5. The maximum Gasteiger partial charge on any atom is 0.260 e. The fourth-order valence-corrected chi connectivity index (χ4v) is 3.86. The molecule has 4 rings (SSSR count). The quantitative estimate of drug-likeness (QED) is 0.761. The number of benzene rings is 2. The molecule has 158 valence electrons. The minimum atomic E-state index is -0.807. The molecule has 2 aliphatic heterocycles. The number of hydrogen-bond acceptors (Lipinski definition) is 5. The third-order valence-electron chi connectivity index (χ3n) is 5.32. The normalized spacial score (nSPS) is 20.9. The number of carbonyl (C=O) groups excluding carboxylic acids is 2. The van der Waals surface area contributed by atoms with Crippen LogP contribution in [0.5, 0.6) is 11.5 Å². The number of aliphatic hydroxyl groups excluding tert-OH is 1. The Bertz CT molecular complexity index is 951. The number of aliphatic hydroxyl groups is 1. The number of rotatable bonds is 5. The maximum absolute atomic E-state index is 12.5. The molecule has 2 heterocycles. The molecule has 1 saturated heterocycles. The lowest BCUT2D eigenvalue weighted by Crippen LogP contribution is -2.52. The number of halogens is 1. The molecule has 1 fully saturated rings. The first-order valence-electron chi connectivity index (χ1n) is 9.92. The van der Waals surface area contributed by atoms with Crippen molar-refractivity contribution in [3.05, 3.63) is 53.1 Å². The van der Waals surface area contributed by atoms with Crippen LogP contribution in [0.3, 0.4) is 0 Å². The molecule has 2 N–H and O–H groups in total. The predicted molar refractivity (Wildman–Crippen MR) is 112 cm³/mol. The molecule has 0 bridgehead atoms. The molecule has 8 heteroatoms. The van der Waals surface area contributed by atoms with Crippen LogP contribution in [0.1, 0.15) is 18.4 Å². The zero-order valence-electron chi connectivity index (χ0n) is 16.3. The van der Waals surface area contributed by atoms with Crippen LogP contribution in [0, 0.1) is 0 Å². The minimum absolute atomic E-state index is 0.0159. The Morgan fingerprint density at radius 3 is 2.87 bits per heavy atom. The number of fused-ring (bicyclic) bond motifs is 1. The molecule has 2 aromatic carbocycles. The van der Waals surface area contributed by atoms with E-state index in [1.165, 1.54) is 0 Å². The molecule has 2 atom stereocenters. The SMILES string of the molecule is O=C1CCc2cc(O[C@@H]3CCN(C(=O)COc4ccccc4Cl)C[C@H]3O)ccc2N1. The lowest BCUT2D eigenvalue weighted by Gasteiger charge is -2.36. The van der Waals surface area contributed by atoms with Crippen molar-refractivity contribution in [2.24, 2.45) is 0 Å². The van der Waals surface area contributed by atoms with Gasteiger partial charge in [0.15, 0.2) is 6.61 Å². The predicted octanol–water partition coefficient (Wildman–Crippen LogP) is 2.64. The van der Waals surface area contributed by atoms with Crippen molar-refractivity contribution in [2.45, 2.75) is 31.5 Å². The second-order valence-corrected chi connectivity index (χ2v) is 7.85. The van der Waals surface area contributed by atoms with Gasteiger partial charge in [0.2, 0.25) is 5.91 Å². The number of nitrogens with one attached hydrogen (secondary N) is 1. The number of β-amino-alcohol motifs (C(OH)–C–C–N with tert-alkyl or cyclic N) is 1. The van der Waals surface area contributed by atoms with Gasteiger partial charge in [0.1, 0.15) is 23.7 Å². The van der Waals surface area contributed by atoms with E-state index in [1.807, 2.05) is 12.1 Å². The van der Waals surface area contributed by atoms with Crippen molar-refractivity contribution >= 4 is 29.1 Å². The van der Waals surface area contributed by atoms with E-state index in [9.17, 15) is 14.7 Å². The summed E-state index contributed by atoms with van der Waals surface area (Å²) in [5, 5.41) is 13.8. The van der Waals surface area contributed by atoms with Gasteiger partial charge >= 0.3 is 0 Å². The van der Waals surface area contributed by atoms with Gasteiger partial charge in [0, 0.05) is 25.1 Å². The highest BCUT2D eigenvalue weighted by Gasteiger charge is 2.32. The summed E-state index contributed by atoms with van der Waals surface area (Å²) >= 11 is 6.04. The van der Waals surface area contributed by atoms with Crippen molar-refractivity contribution in [3.8, 4) is 11.5 Å². The van der Waals surface area contributed by atoms with Crippen LogP contribution in [0.4, 0.5) is 5.69 Å². The van der Waals surface area contributed by atoms with E-state index < -0.39 is 12.2 Å². The molecule has 0 unspecified atom stereocenters. The third-order valence-corrected chi connectivity index (χ3v) is 5.63. The number of likely N-dealkylation sites (tertiary alicyclic amines) is 1. The number of carbonyl (C=O) groups is 2. The van der Waals surface area contributed by atoms with Gasteiger partial charge in [-0.1, -0.05) is 23.7 Å². The van der Waals surface area contributed by atoms with Crippen LogP contribution >= 0.6 is 11.6 Å². The number of aryl methyl sites for hydroxylation is 1. The zero-order chi connectivity index (χ0) is 21.1. The average molecular weight is 431 g/mol. The Morgan fingerprint density at radius 1 is 1.23 bits per heavy atom. The van der Waals surface area contributed by atoms with Gasteiger partial charge in [-0.3, -0.25) is 9.59 Å². The lowest BCUT2D eigenvalue weighted by atomic mass is 10.0. The molecule has 2 aliphatic rings. The largest absolute Gasteiger partial charge is 0.488 e. The van der Waals surface area contributed by atoms with E-state index in [-0.39, 0.29) is 25.0 Å². The van der Waals surface area contributed by atoms with Gasteiger partial charge < -0.3 is 24.8 Å². The molecule has 2 amide bonds. The number of ether oxygens (including phenoxy) is 2. The molecule has 2 aromatic rings. The summed E-state index contributed by atoms with van der Waals surface area (Å²) in [5.41, 5.74) is 1.82. The van der Waals surface area contributed by atoms with E-state index in [0.717, 1.165) is 11.3 Å². The molecular weight excluding hydrogens is 408 g/mol. The van der Waals surface area contributed by atoms with Gasteiger partial charge in [-0.05, 0) is 42.3 Å². The second-order valence-electron chi connectivity index (χ2n) is 7.44. The summed E-state index contributed by atoms with van der Waals surface area (Å²) in [6.07, 6.45) is 0.413. The number of hydrogen-bond donors (Lipinski definition) is 2. The van der Waals surface area contributed by atoms with E-state index in [1.54, 1.807) is 35.2 Å². The molecule has 0 saturated carbocycles. The molecule has 0 aliphatic carbocycles. The van der Waals surface area contributed by atoms with Crippen LogP contribution in [-0.2, 0) is 16.0 Å². The van der Waals surface area contributed by atoms with Crippen LogP contribution in [-0.4, -0.2) is 53.7 Å². The first-order chi connectivity index (χ1) is 14.5. The van der Waals surface area contributed by atoms with Crippen LogP contribution in [0.15, 0.2) is 42.5 Å². The minimum Gasteiger partial charge on any atom is -0.488 e. The third kappa shape index (κ3) is 4.68. The first kappa shape index (κ1) is 20.5.